The molecule has 27 heavy (non-hydrogen) atoms. The smallest absolute Gasteiger partial charge is 0.353 e. The molecule has 0 amide bonds. The van der Waals surface area contributed by atoms with E-state index in [0.29, 0.717) is 31.2 Å². The van der Waals surface area contributed by atoms with E-state index >= 15 is 0 Å². The van der Waals surface area contributed by atoms with Crippen LogP contribution < -0.4 is 15.0 Å². The number of ether oxygens (including phenoxy) is 1. The van der Waals surface area contributed by atoms with Crippen LogP contribution in [-0.4, -0.2) is 59.1 Å². The van der Waals surface area contributed by atoms with Gasteiger partial charge in [0.1, 0.15) is 12.1 Å². The van der Waals surface area contributed by atoms with Crippen molar-refractivity contribution in [2.45, 2.75) is 13.8 Å². The molecule has 2 aromatic rings. The Kier molecular flexibility index (Phi) is 6.02. The molecule has 1 aliphatic rings. The van der Waals surface area contributed by atoms with E-state index < -0.39 is 4.92 Å². The standard InChI is InChI=1S/C18H24N6O3/c1-3-22-9-11-23(12-10-22)18-16(24(25)26)17(19-13-20-18)21-14-5-7-15(8-6-14)27-4-2/h5-8,13H,3-4,9-12H2,1-2H3,(H,19,20,21). The number of benzene rings is 1. The maximum atomic E-state index is 11.8. The Morgan fingerprint density at radius 1 is 1.15 bits per heavy atom. The lowest BCUT2D eigenvalue weighted by molar-refractivity contribution is -0.383. The van der Waals surface area contributed by atoms with Crippen molar-refractivity contribution in [3.05, 3.63) is 40.7 Å². The lowest BCUT2D eigenvalue weighted by Gasteiger charge is -2.34. The van der Waals surface area contributed by atoms with Crippen molar-refractivity contribution in [1.29, 1.82) is 0 Å². The predicted octanol–water partition coefficient (Wildman–Crippen LogP) is 2.67. The summed E-state index contributed by atoms with van der Waals surface area (Å²) in [5.74, 6) is 1.29. The van der Waals surface area contributed by atoms with Crippen molar-refractivity contribution >= 4 is 23.0 Å². The van der Waals surface area contributed by atoms with Gasteiger partial charge < -0.3 is 19.9 Å². The second-order valence-corrected chi connectivity index (χ2v) is 6.16. The molecule has 0 unspecified atom stereocenters. The number of hydrogen-bond donors (Lipinski definition) is 1. The average Bonchev–Trinajstić information content (AvgIpc) is 2.69. The van der Waals surface area contributed by atoms with E-state index in [9.17, 15) is 10.1 Å². The fourth-order valence-electron chi connectivity index (χ4n) is 3.07. The quantitative estimate of drug-likeness (QED) is 0.585. The second-order valence-electron chi connectivity index (χ2n) is 6.16. The van der Waals surface area contributed by atoms with Gasteiger partial charge in [0.25, 0.3) is 0 Å². The minimum absolute atomic E-state index is 0.101. The molecule has 1 N–H and O–H groups in total. The van der Waals surface area contributed by atoms with Crippen LogP contribution in [0.5, 0.6) is 5.75 Å². The number of likely N-dealkylation sites (N-methyl/N-ethyl adjacent to an activating group) is 1. The number of nitrogens with one attached hydrogen (secondary N) is 1. The van der Waals surface area contributed by atoms with E-state index in [1.54, 1.807) is 12.1 Å². The molecule has 2 heterocycles. The first-order valence-corrected chi connectivity index (χ1v) is 9.09. The van der Waals surface area contributed by atoms with Gasteiger partial charge in [-0.05, 0) is 37.7 Å². The van der Waals surface area contributed by atoms with E-state index in [2.05, 4.69) is 27.1 Å². The van der Waals surface area contributed by atoms with Crippen LogP contribution in [0.25, 0.3) is 0 Å². The predicted molar refractivity (Wildman–Crippen MR) is 104 cm³/mol. The zero-order valence-electron chi connectivity index (χ0n) is 15.6. The molecule has 9 heteroatoms. The van der Waals surface area contributed by atoms with E-state index in [1.165, 1.54) is 6.33 Å². The number of hydrogen-bond acceptors (Lipinski definition) is 8. The third kappa shape index (κ3) is 4.43. The minimum Gasteiger partial charge on any atom is -0.494 e. The zero-order chi connectivity index (χ0) is 19.2. The highest BCUT2D eigenvalue weighted by molar-refractivity contribution is 5.74. The van der Waals surface area contributed by atoms with Gasteiger partial charge in [0, 0.05) is 31.9 Å². The number of nitro groups is 1. The van der Waals surface area contributed by atoms with Gasteiger partial charge >= 0.3 is 5.69 Å². The maximum Gasteiger partial charge on any atom is 0.353 e. The average molecular weight is 372 g/mol. The van der Waals surface area contributed by atoms with Crippen molar-refractivity contribution in [3.63, 3.8) is 0 Å². The third-order valence-electron chi connectivity index (χ3n) is 4.53. The van der Waals surface area contributed by atoms with Crippen molar-refractivity contribution in [3.8, 4) is 5.75 Å². The van der Waals surface area contributed by atoms with Crippen LogP contribution in [0.3, 0.4) is 0 Å². The highest BCUT2D eigenvalue weighted by atomic mass is 16.6. The van der Waals surface area contributed by atoms with Crippen LogP contribution >= 0.6 is 0 Å². The van der Waals surface area contributed by atoms with Crippen LogP contribution in [0.15, 0.2) is 30.6 Å². The van der Waals surface area contributed by atoms with E-state index in [4.69, 9.17) is 4.74 Å². The number of piperazine rings is 1. The van der Waals surface area contributed by atoms with E-state index in [1.807, 2.05) is 24.0 Å². The largest absolute Gasteiger partial charge is 0.494 e. The number of aromatic nitrogens is 2. The minimum atomic E-state index is -0.418. The molecule has 1 aliphatic heterocycles. The van der Waals surface area contributed by atoms with E-state index in [0.717, 1.165) is 25.4 Å². The number of anilines is 3. The zero-order valence-corrected chi connectivity index (χ0v) is 15.6. The lowest BCUT2D eigenvalue weighted by atomic mass is 10.2. The molecule has 0 saturated carbocycles. The molecule has 0 radical (unpaired) electrons. The summed E-state index contributed by atoms with van der Waals surface area (Å²) in [6.07, 6.45) is 1.37. The molecule has 1 aromatic carbocycles. The fourth-order valence-corrected chi connectivity index (χ4v) is 3.07. The van der Waals surface area contributed by atoms with Gasteiger partial charge in [0.2, 0.25) is 11.6 Å². The first-order valence-electron chi connectivity index (χ1n) is 9.09. The molecule has 0 bridgehead atoms. The summed E-state index contributed by atoms with van der Waals surface area (Å²) in [5.41, 5.74) is 0.596. The highest BCUT2D eigenvalue weighted by Gasteiger charge is 2.29. The van der Waals surface area contributed by atoms with Crippen molar-refractivity contribution < 1.29 is 9.66 Å². The van der Waals surface area contributed by atoms with Gasteiger partial charge in [0.15, 0.2) is 0 Å². The molecule has 0 atom stereocenters. The molecule has 1 saturated heterocycles. The van der Waals surface area contributed by atoms with Crippen molar-refractivity contribution in [2.75, 3.05) is 49.5 Å². The summed E-state index contributed by atoms with van der Waals surface area (Å²) in [6.45, 7) is 8.71. The van der Waals surface area contributed by atoms with Crippen molar-refractivity contribution in [2.24, 2.45) is 0 Å². The molecule has 1 fully saturated rings. The molecular weight excluding hydrogens is 348 g/mol. The Morgan fingerprint density at radius 3 is 2.44 bits per heavy atom. The first kappa shape index (κ1) is 18.8. The van der Waals surface area contributed by atoms with Crippen molar-refractivity contribution in [1.82, 2.24) is 14.9 Å². The van der Waals surface area contributed by atoms with Crippen LogP contribution in [0.4, 0.5) is 23.0 Å². The molecule has 1 aromatic heterocycles. The van der Waals surface area contributed by atoms with Gasteiger partial charge in [-0.3, -0.25) is 10.1 Å². The summed E-state index contributed by atoms with van der Waals surface area (Å²) in [7, 11) is 0. The molecule has 0 aliphatic carbocycles. The Labute approximate surface area is 158 Å². The second kappa shape index (κ2) is 8.63. The third-order valence-corrected chi connectivity index (χ3v) is 4.53. The maximum absolute atomic E-state index is 11.8. The summed E-state index contributed by atoms with van der Waals surface area (Å²) in [4.78, 5) is 23.9. The van der Waals surface area contributed by atoms with Crippen LogP contribution in [0.1, 0.15) is 13.8 Å². The Morgan fingerprint density at radius 2 is 1.85 bits per heavy atom. The monoisotopic (exact) mass is 372 g/mol. The van der Waals surface area contributed by atoms with Gasteiger partial charge in [-0.15, -0.1) is 0 Å². The van der Waals surface area contributed by atoms with Gasteiger partial charge in [0.05, 0.1) is 11.5 Å². The lowest BCUT2D eigenvalue weighted by Crippen LogP contribution is -2.46. The summed E-state index contributed by atoms with van der Waals surface area (Å²) in [6, 6.07) is 7.22. The van der Waals surface area contributed by atoms with Gasteiger partial charge in [-0.1, -0.05) is 6.92 Å². The van der Waals surface area contributed by atoms with Gasteiger partial charge in [-0.25, -0.2) is 9.97 Å². The SMILES string of the molecule is CCOc1ccc(Nc2ncnc(N3CCN(CC)CC3)c2[N+](=O)[O-])cc1. The van der Waals surface area contributed by atoms with E-state index in [-0.39, 0.29) is 11.5 Å². The van der Waals surface area contributed by atoms with Gasteiger partial charge in [-0.2, -0.15) is 0 Å². The molecule has 3 rings (SSSR count). The Hall–Kier alpha value is -2.94. The highest BCUT2D eigenvalue weighted by Crippen LogP contribution is 2.34. The molecule has 9 nitrogen and oxygen atoms in total. The van der Waals surface area contributed by atoms with Crippen LogP contribution in [0, 0.1) is 10.1 Å². The number of nitrogens with zero attached hydrogens (tertiary/aromatic N) is 5. The molecule has 144 valence electrons. The topological polar surface area (TPSA) is 96.7 Å². The fraction of sp³-hybridized carbons (Fsp3) is 0.444. The number of rotatable bonds is 7. The van der Waals surface area contributed by atoms with Crippen LogP contribution in [0.2, 0.25) is 0 Å². The summed E-state index contributed by atoms with van der Waals surface area (Å²) < 4.78 is 5.42. The first-order chi connectivity index (χ1) is 13.1. The molecular formula is C18H24N6O3. The Bertz CT molecular complexity index is 775. The summed E-state index contributed by atoms with van der Waals surface area (Å²) >= 11 is 0. The Balaban J connectivity index is 1.84. The normalized spacial score (nSPS) is 14.8. The molecule has 0 spiro atoms. The summed E-state index contributed by atoms with van der Waals surface area (Å²) in [5, 5.41) is 14.8. The van der Waals surface area contributed by atoms with Crippen LogP contribution in [-0.2, 0) is 0 Å².